The summed E-state index contributed by atoms with van der Waals surface area (Å²) in [5.41, 5.74) is 2.42. The van der Waals surface area contributed by atoms with Gasteiger partial charge in [-0.2, -0.15) is 5.10 Å². The van der Waals surface area contributed by atoms with Gasteiger partial charge in [0, 0.05) is 5.69 Å². The van der Waals surface area contributed by atoms with Crippen LogP contribution in [-0.4, -0.2) is 53.2 Å². The number of aliphatic carboxylic acids is 1. The molecule has 3 N–H and O–H groups in total. The van der Waals surface area contributed by atoms with E-state index in [1.54, 1.807) is 18.2 Å². The summed E-state index contributed by atoms with van der Waals surface area (Å²) in [7, 11) is 1.48. The molecule has 1 aliphatic rings. The molecule has 1 unspecified atom stereocenters. The van der Waals surface area contributed by atoms with E-state index in [9.17, 15) is 14.4 Å². The first kappa shape index (κ1) is 23.8. The molecule has 3 rings (SSSR count). The zero-order valence-electron chi connectivity index (χ0n) is 17.9. The van der Waals surface area contributed by atoms with E-state index in [0.717, 1.165) is 17.3 Å². The number of nitrogens with one attached hydrogen (secondary N) is 2. The topological polar surface area (TPSA) is 139 Å². The molecule has 0 saturated carbocycles. The lowest BCUT2D eigenvalue weighted by Gasteiger charge is -2.11. The molecule has 0 bridgehead atoms. The maximum atomic E-state index is 12.1. The Balaban J connectivity index is 1.56. The fraction of sp³-hybridized carbons (Fsp3) is 0.227. The second-order valence-electron chi connectivity index (χ2n) is 6.96. The Morgan fingerprint density at radius 3 is 2.67 bits per heavy atom. The largest absolute Gasteiger partial charge is 0.493 e. The third kappa shape index (κ3) is 7.07. The number of nitrogens with zero attached hydrogens (tertiary/aromatic N) is 2. The van der Waals surface area contributed by atoms with Gasteiger partial charge >= 0.3 is 5.97 Å². The fourth-order valence-electron chi connectivity index (χ4n) is 2.75. The third-order valence-electron chi connectivity index (χ3n) is 4.37. The van der Waals surface area contributed by atoms with E-state index < -0.39 is 17.1 Å². The van der Waals surface area contributed by atoms with E-state index in [2.05, 4.69) is 20.8 Å². The SMILES string of the molecule is COc1cc(C=NN=C2NC(=O)C(CC(=O)O)S2)ccc1OCC(=O)Nc1ccc(C)cc1. The van der Waals surface area contributed by atoms with Gasteiger partial charge in [-0.3, -0.25) is 14.4 Å². The Morgan fingerprint density at radius 1 is 1.21 bits per heavy atom. The highest BCUT2D eigenvalue weighted by Crippen LogP contribution is 2.28. The zero-order valence-corrected chi connectivity index (χ0v) is 18.7. The molecule has 1 saturated heterocycles. The molecule has 1 heterocycles. The highest BCUT2D eigenvalue weighted by Gasteiger charge is 2.32. The van der Waals surface area contributed by atoms with Gasteiger partial charge in [0.25, 0.3) is 5.91 Å². The summed E-state index contributed by atoms with van der Waals surface area (Å²) in [6.45, 7) is 1.77. The Kier molecular flexibility index (Phi) is 8.03. The van der Waals surface area contributed by atoms with Crippen LogP contribution in [0.25, 0.3) is 0 Å². The van der Waals surface area contributed by atoms with Crippen molar-refractivity contribution in [2.45, 2.75) is 18.6 Å². The maximum Gasteiger partial charge on any atom is 0.305 e. The summed E-state index contributed by atoms with van der Waals surface area (Å²) in [5, 5.41) is 21.4. The summed E-state index contributed by atoms with van der Waals surface area (Å²) in [6, 6.07) is 12.4. The number of rotatable bonds is 9. The van der Waals surface area contributed by atoms with Crippen LogP contribution in [0.3, 0.4) is 0 Å². The molecule has 33 heavy (non-hydrogen) atoms. The minimum Gasteiger partial charge on any atom is -0.493 e. The summed E-state index contributed by atoms with van der Waals surface area (Å²) in [6.07, 6.45) is 1.15. The molecule has 1 aliphatic heterocycles. The van der Waals surface area contributed by atoms with Crippen LogP contribution in [0.5, 0.6) is 11.5 Å². The minimum absolute atomic E-state index is 0.195. The van der Waals surface area contributed by atoms with Crippen molar-refractivity contribution in [3.8, 4) is 11.5 Å². The van der Waals surface area contributed by atoms with Crippen molar-refractivity contribution in [2.75, 3.05) is 19.0 Å². The molecule has 2 amide bonds. The number of hydrogen-bond acceptors (Lipinski definition) is 8. The normalized spacial score (nSPS) is 16.6. The van der Waals surface area contributed by atoms with Gasteiger partial charge in [-0.05, 0) is 42.8 Å². The maximum absolute atomic E-state index is 12.1. The van der Waals surface area contributed by atoms with Gasteiger partial charge in [0.1, 0.15) is 5.25 Å². The number of carbonyl (C=O) groups excluding carboxylic acids is 2. The van der Waals surface area contributed by atoms with Crippen LogP contribution in [0.15, 0.2) is 52.7 Å². The Labute approximate surface area is 194 Å². The number of methoxy groups -OCH3 is 1. The Bertz CT molecular complexity index is 1100. The molecule has 1 atom stereocenters. The number of thioether (sulfide) groups is 1. The molecule has 0 radical (unpaired) electrons. The van der Waals surface area contributed by atoms with E-state index in [0.29, 0.717) is 22.7 Å². The monoisotopic (exact) mass is 470 g/mol. The van der Waals surface area contributed by atoms with Gasteiger partial charge in [-0.1, -0.05) is 29.5 Å². The molecule has 11 heteroatoms. The second-order valence-corrected chi connectivity index (χ2v) is 8.15. The van der Waals surface area contributed by atoms with E-state index >= 15 is 0 Å². The number of aryl methyl sites for hydroxylation is 1. The number of benzene rings is 2. The molecule has 0 spiro atoms. The summed E-state index contributed by atoms with van der Waals surface area (Å²) >= 11 is 1.01. The van der Waals surface area contributed by atoms with Gasteiger partial charge in [0.15, 0.2) is 23.3 Å². The third-order valence-corrected chi connectivity index (χ3v) is 5.45. The lowest BCUT2D eigenvalue weighted by atomic mass is 10.2. The van der Waals surface area contributed by atoms with Gasteiger partial charge in [-0.25, -0.2) is 0 Å². The van der Waals surface area contributed by atoms with Gasteiger partial charge < -0.3 is 25.2 Å². The first-order valence-electron chi connectivity index (χ1n) is 9.81. The highest BCUT2D eigenvalue weighted by atomic mass is 32.2. The van der Waals surface area contributed by atoms with Crippen molar-refractivity contribution < 1.29 is 29.0 Å². The van der Waals surface area contributed by atoms with Crippen LogP contribution in [0.2, 0.25) is 0 Å². The van der Waals surface area contributed by atoms with E-state index in [1.165, 1.54) is 13.3 Å². The summed E-state index contributed by atoms with van der Waals surface area (Å²) in [4.78, 5) is 34.6. The molecule has 172 valence electrons. The number of carbonyl (C=O) groups is 3. The average molecular weight is 471 g/mol. The predicted octanol–water partition coefficient (Wildman–Crippen LogP) is 2.42. The first-order valence-corrected chi connectivity index (χ1v) is 10.7. The summed E-state index contributed by atoms with van der Waals surface area (Å²) in [5.74, 6) is -0.991. The number of amidine groups is 1. The molecule has 0 aliphatic carbocycles. The van der Waals surface area contributed by atoms with Crippen molar-refractivity contribution in [3.63, 3.8) is 0 Å². The van der Waals surface area contributed by atoms with Crippen LogP contribution < -0.4 is 20.1 Å². The molecule has 0 aromatic heterocycles. The zero-order chi connectivity index (χ0) is 23.8. The predicted molar refractivity (Wildman–Crippen MR) is 125 cm³/mol. The lowest BCUT2D eigenvalue weighted by Crippen LogP contribution is -2.26. The van der Waals surface area contributed by atoms with Crippen molar-refractivity contribution in [1.82, 2.24) is 5.32 Å². The van der Waals surface area contributed by atoms with E-state index in [-0.39, 0.29) is 24.1 Å². The van der Waals surface area contributed by atoms with Gasteiger partial charge in [-0.15, -0.1) is 5.10 Å². The van der Waals surface area contributed by atoms with E-state index in [1.807, 2.05) is 31.2 Å². The number of amides is 2. The van der Waals surface area contributed by atoms with Gasteiger partial charge in [0.05, 0.1) is 19.7 Å². The summed E-state index contributed by atoms with van der Waals surface area (Å²) < 4.78 is 10.9. The fourth-order valence-corrected chi connectivity index (χ4v) is 3.67. The minimum atomic E-state index is -1.06. The van der Waals surface area contributed by atoms with E-state index in [4.69, 9.17) is 14.6 Å². The van der Waals surface area contributed by atoms with Crippen molar-refractivity contribution in [1.29, 1.82) is 0 Å². The van der Waals surface area contributed by atoms with Gasteiger partial charge in [0.2, 0.25) is 5.91 Å². The van der Waals surface area contributed by atoms with Crippen molar-refractivity contribution in [2.24, 2.45) is 10.2 Å². The van der Waals surface area contributed by atoms with Crippen molar-refractivity contribution >= 4 is 46.6 Å². The van der Waals surface area contributed by atoms with Crippen LogP contribution in [0.4, 0.5) is 5.69 Å². The molecule has 10 nitrogen and oxygen atoms in total. The number of hydrogen-bond donors (Lipinski definition) is 3. The number of carboxylic acids is 1. The quantitative estimate of drug-likeness (QED) is 0.378. The average Bonchev–Trinajstić information content (AvgIpc) is 3.12. The number of ether oxygens (including phenoxy) is 2. The van der Waals surface area contributed by atoms with Crippen LogP contribution in [-0.2, 0) is 14.4 Å². The molecule has 2 aromatic carbocycles. The molecular weight excluding hydrogens is 448 g/mol. The van der Waals surface area contributed by atoms with Crippen LogP contribution >= 0.6 is 11.8 Å². The number of anilines is 1. The molecular formula is C22H22N4O6S. The molecule has 1 fully saturated rings. The first-order chi connectivity index (χ1) is 15.8. The van der Waals surface area contributed by atoms with Crippen LogP contribution in [0.1, 0.15) is 17.5 Å². The smallest absolute Gasteiger partial charge is 0.305 e. The van der Waals surface area contributed by atoms with Crippen molar-refractivity contribution in [3.05, 3.63) is 53.6 Å². The Morgan fingerprint density at radius 2 is 1.97 bits per heavy atom. The van der Waals surface area contributed by atoms with Crippen LogP contribution in [0, 0.1) is 6.92 Å². The lowest BCUT2D eigenvalue weighted by molar-refractivity contribution is -0.138. The standard InChI is InChI=1S/C22H22N4O6S/c1-13-3-6-15(7-4-13)24-19(27)12-32-16-8-5-14(9-17(16)31-2)11-23-26-22-25-21(30)18(33-22)10-20(28)29/h3-9,11,18H,10,12H2,1-2H3,(H,24,27)(H,28,29)(H,25,26,30). The number of carboxylic acid groups (broad SMARTS) is 1. The molecule has 2 aromatic rings. The Hall–Kier alpha value is -3.86. The highest BCUT2D eigenvalue weighted by molar-refractivity contribution is 8.15. The second kappa shape index (κ2) is 11.1.